The lowest BCUT2D eigenvalue weighted by Crippen LogP contribution is -2.34. The van der Waals surface area contributed by atoms with Crippen LogP contribution >= 0.6 is 11.3 Å². The summed E-state index contributed by atoms with van der Waals surface area (Å²) in [6.07, 6.45) is 0.996. The number of thiophene rings is 1. The van der Waals surface area contributed by atoms with Crippen molar-refractivity contribution >= 4 is 33.0 Å². The molecule has 106 valence electrons. The minimum atomic E-state index is 0.0757. The van der Waals surface area contributed by atoms with Gasteiger partial charge in [0.05, 0.1) is 5.69 Å². The molecule has 0 bridgehead atoms. The van der Waals surface area contributed by atoms with Gasteiger partial charge in [-0.05, 0) is 25.5 Å². The molecule has 2 aromatic rings. The molecule has 0 radical (unpaired) electrons. The number of benzene rings is 1. The summed E-state index contributed by atoms with van der Waals surface area (Å²) in [5.41, 5.74) is 8.01. The first-order valence-corrected chi connectivity index (χ1v) is 7.77. The van der Waals surface area contributed by atoms with E-state index in [1.807, 2.05) is 17.0 Å². The van der Waals surface area contributed by atoms with Crippen molar-refractivity contribution in [1.82, 2.24) is 10.2 Å². The molecule has 1 aromatic heterocycles. The van der Waals surface area contributed by atoms with Gasteiger partial charge in [-0.15, -0.1) is 11.3 Å². The van der Waals surface area contributed by atoms with Gasteiger partial charge in [-0.1, -0.05) is 18.2 Å². The summed E-state index contributed by atoms with van der Waals surface area (Å²) >= 11 is 1.52. The molecule has 1 fully saturated rings. The Morgan fingerprint density at radius 2 is 2.20 bits per heavy atom. The quantitative estimate of drug-likeness (QED) is 0.846. The largest absolute Gasteiger partial charge is 0.397 e. The molecular weight excluding hydrogens is 270 g/mol. The number of nitrogens with one attached hydrogen (secondary N) is 1. The third-order valence-electron chi connectivity index (χ3n) is 3.77. The van der Waals surface area contributed by atoms with E-state index in [9.17, 15) is 4.79 Å². The van der Waals surface area contributed by atoms with Crippen molar-refractivity contribution < 1.29 is 4.79 Å². The normalized spacial score (nSPS) is 16.4. The van der Waals surface area contributed by atoms with Gasteiger partial charge in [-0.3, -0.25) is 4.79 Å². The number of nitrogen functional groups attached to an aromatic ring is 1. The molecule has 0 saturated carbocycles. The number of anilines is 1. The van der Waals surface area contributed by atoms with Crippen LogP contribution in [0, 0.1) is 6.92 Å². The molecule has 0 spiro atoms. The van der Waals surface area contributed by atoms with Gasteiger partial charge < -0.3 is 16.0 Å². The standard InChI is InChI=1S/C15H19N3OS/c1-10-4-2-5-11-12(16)14(20-13(10)11)15(19)18-8-3-6-17-7-9-18/h2,4-5,17H,3,6-9,16H2,1H3. The van der Waals surface area contributed by atoms with E-state index in [0.717, 1.165) is 42.7 Å². The van der Waals surface area contributed by atoms with E-state index in [4.69, 9.17) is 5.73 Å². The molecule has 5 heteroatoms. The van der Waals surface area contributed by atoms with Crippen molar-refractivity contribution in [3.8, 4) is 0 Å². The highest BCUT2D eigenvalue weighted by molar-refractivity contribution is 7.21. The SMILES string of the molecule is Cc1cccc2c(N)c(C(=O)N3CCCNCC3)sc12. The van der Waals surface area contributed by atoms with Gasteiger partial charge >= 0.3 is 0 Å². The van der Waals surface area contributed by atoms with Crippen LogP contribution in [0.4, 0.5) is 5.69 Å². The Labute approximate surface area is 122 Å². The number of nitrogens with zero attached hydrogens (tertiary/aromatic N) is 1. The van der Waals surface area contributed by atoms with Crippen LogP contribution in [0.2, 0.25) is 0 Å². The molecule has 0 unspecified atom stereocenters. The second kappa shape index (κ2) is 5.42. The maximum absolute atomic E-state index is 12.7. The fourth-order valence-corrected chi connectivity index (χ4v) is 3.79. The minimum absolute atomic E-state index is 0.0757. The smallest absolute Gasteiger partial charge is 0.266 e. The van der Waals surface area contributed by atoms with Crippen molar-refractivity contribution in [1.29, 1.82) is 0 Å². The van der Waals surface area contributed by atoms with E-state index < -0.39 is 0 Å². The Hall–Kier alpha value is -1.59. The number of carbonyl (C=O) groups is 1. The van der Waals surface area contributed by atoms with Crippen LogP contribution in [0.25, 0.3) is 10.1 Å². The first-order chi connectivity index (χ1) is 9.68. The Kier molecular flexibility index (Phi) is 3.63. The van der Waals surface area contributed by atoms with E-state index in [2.05, 4.69) is 18.3 Å². The molecule has 1 aromatic carbocycles. The second-order valence-electron chi connectivity index (χ2n) is 5.19. The van der Waals surface area contributed by atoms with Crippen LogP contribution in [0.5, 0.6) is 0 Å². The van der Waals surface area contributed by atoms with Crippen LogP contribution in [-0.4, -0.2) is 37.0 Å². The molecule has 20 heavy (non-hydrogen) atoms. The van der Waals surface area contributed by atoms with Gasteiger partial charge in [0.25, 0.3) is 5.91 Å². The number of rotatable bonds is 1. The highest BCUT2D eigenvalue weighted by Crippen LogP contribution is 2.36. The third kappa shape index (κ3) is 2.27. The Balaban J connectivity index is 1.99. The molecule has 2 heterocycles. The lowest BCUT2D eigenvalue weighted by atomic mass is 10.1. The molecule has 4 nitrogen and oxygen atoms in total. The summed E-state index contributed by atoms with van der Waals surface area (Å²) in [6.45, 7) is 5.45. The number of hydrogen-bond donors (Lipinski definition) is 2. The Morgan fingerprint density at radius 3 is 3.00 bits per heavy atom. The van der Waals surface area contributed by atoms with E-state index in [0.29, 0.717) is 10.6 Å². The van der Waals surface area contributed by atoms with Gasteiger partial charge in [0, 0.05) is 29.7 Å². The van der Waals surface area contributed by atoms with Crippen molar-refractivity contribution in [3.63, 3.8) is 0 Å². The molecule has 0 aliphatic carbocycles. The maximum atomic E-state index is 12.7. The zero-order valence-corrected chi connectivity index (χ0v) is 12.4. The zero-order chi connectivity index (χ0) is 14.1. The van der Waals surface area contributed by atoms with Gasteiger partial charge in [0.2, 0.25) is 0 Å². The Bertz CT molecular complexity index is 642. The fraction of sp³-hybridized carbons (Fsp3) is 0.400. The summed E-state index contributed by atoms with van der Waals surface area (Å²) in [6, 6.07) is 6.04. The van der Waals surface area contributed by atoms with Gasteiger partial charge in [-0.25, -0.2) is 0 Å². The van der Waals surface area contributed by atoms with E-state index in [1.54, 1.807) is 0 Å². The molecule has 1 aliphatic heterocycles. The molecule has 0 atom stereocenters. The topological polar surface area (TPSA) is 58.4 Å². The van der Waals surface area contributed by atoms with Crippen LogP contribution in [0.3, 0.4) is 0 Å². The van der Waals surface area contributed by atoms with Gasteiger partial charge in [-0.2, -0.15) is 0 Å². The number of amides is 1. The highest BCUT2D eigenvalue weighted by atomic mass is 32.1. The summed E-state index contributed by atoms with van der Waals surface area (Å²) in [5, 5.41) is 4.32. The average molecular weight is 289 g/mol. The van der Waals surface area contributed by atoms with Crippen molar-refractivity contribution in [2.24, 2.45) is 0 Å². The maximum Gasteiger partial charge on any atom is 0.266 e. The van der Waals surface area contributed by atoms with E-state index in [-0.39, 0.29) is 5.91 Å². The van der Waals surface area contributed by atoms with Gasteiger partial charge in [0.15, 0.2) is 0 Å². The number of aryl methyl sites for hydroxylation is 1. The summed E-state index contributed by atoms with van der Waals surface area (Å²) in [4.78, 5) is 15.3. The van der Waals surface area contributed by atoms with E-state index >= 15 is 0 Å². The molecule has 1 aliphatic rings. The first-order valence-electron chi connectivity index (χ1n) is 6.96. The van der Waals surface area contributed by atoms with Crippen molar-refractivity contribution in [3.05, 3.63) is 28.6 Å². The van der Waals surface area contributed by atoms with Crippen molar-refractivity contribution in [2.75, 3.05) is 31.9 Å². The molecule has 1 saturated heterocycles. The molecule has 3 rings (SSSR count). The number of fused-ring (bicyclic) bond motifs is 1. The lowest BCUT2D eigenvalue weighted by Gasteiger charge is -2.19. The first kappa shape index (κ1) is 13.4. The third-order valence-corrected chi connectivity index (χ3v) is 5.12. The predicted molar refractivity (Wildman–Crippen MR) is 84.4 cm³/mol. The van der Waals surface area contributed by atoms with Crippen LogP contribution in [0.15, 0.2) is 18.2 Å². The molecule has 1 amide bonds. The monoisotopic (exact) mass is 289 g/mol. The number of nitrogens with two attached hydrogens (primary N) is 1. The van der Waals surface area contributed by atoms with Crippen LogP contribution in [0.1, 0.15) is 21.7 Å². The Morgan fingerprint density at radius 1 is 1.35 bits per heavy atom. The minimum Gasteiger partial charge on any atom is -0.397 e. The lowest BCUT2D eigenvalue weighted by molar-refractivity contribution is 0.0772. The molecule has 3 N–H and O–H groups in total. The van der Waals surface area contributed by atoms with Crippen molar-refractivity contribution in [2.45, 2.75) is 13.3 Å². The van der Waals surface area contributed by atoms with Gasteiger partial charge in [0.1, 0.15) is 4.88 Å². The summed E-state index contributed by atoms with van der Waals surface area (Å²) in [7, 11) is 0. The molecular formula is C15H19N3OS. The fourth-order valence-electron chi connectivity index (χ4n) is 2.63. The summed E-state index contributed by atoms with van der Waals surface area (Å²) < 4.78 is 1.13. The van der Waals surface area contributed by atoms with Crippen LogP contribution in [-0.2, 0) is 0 Å². The van der Waals surface area contributed by atoms with Crippen LogP contribution < -0.4 is 11.1 Å². The highest BCUT2D eigenvalue weighted by Gasteiger charge is 2.23. The predicted octanol–water partition coefficient (Wildman–Crippen LogP) is 2.23. The average Bonchev–Trinajstić information content (AvgIpc) is 2.66. The zero-order valence-electron chi connectivity index (χ0n) is 11.6. The number of hydrogen-bond acceptors (Lipinski definition) is 4. The second-order valence-corrected chi connectivity index (χ2v) is 6.21. The van der Waals surface area contributed by atoms with E-state index in [1.165, 1.54) is 16.9 Å². The summed E-state index contributed by atoms with van der Waals surface area (Å²) in [5.74, 6) is 0.0757. The number of carbonyl (C=O) groups excluding carboxylic acids is 1.